The number of nitrogens with zero attached hydrogens (tertiary/aromatic N) is 5. The summed E-state index contributed by atoms with van der Waals surface area (Å²) in [5.41, 5.74) is 9.26. The molecule has 0 radical (unpaired) electrons. The van der Waals surface area contributed by atoms with Crippen LogP contribution >= 0.6 is 0 Å². The van der Waals surface area contributed by atoms with Crippen LogP contribution < -0.4 is 5.73 Å². The lowest BCUT2D eigenvalue weighted by atomic mass is 9.93. The Balaban J connectivity index is 1.58. The fraction of sp³-hybridized carbons (Fsp3) is 0.211. The van der Waals surface area contributed by atoms with Gasteiger partial charge in [0, 0.05) is 35.3 Å². The van der Waals surface area contributed by atoms with E-state index in [2.05, 4.69) is 15.1 Å². The van der Waals surface area contributed by atoms with E-state index in [1.807, 2.05) is 46.0 Å². The third-order valence-electron chi connectivity index (χ3n) is 5.02. The zero-order valence-corrected chi connectivity index (χ0v) is 14.1. The van der Waals surface area contributed by atoms with Crippen LogP contribution in [-0.4, -0.2) is 29.3 Å². The molecule has 0 bridgehead atoms. The number of nitrogen functional groups attached to an aromatic ring is 1. The number of hydrogen-bond donors (Lipinski definition) is 2. The lowest BCUT2D eigenvalue weighted by molar-refractivity contribution is 0.289. The molecular weight excluding hydrogens is 328 g/mol. The summed E-state index contributed by atoms with van der Waals surface area (Å²) in [5, 5.41) is 14.5. The van der Waals surface area contributed by atoms with Gasteiger partial charge >= 0.3 is 0 Å². The summed E-state index contributed by atoms with van der Waals surface area (Å²) in [6.45, 7) is 0. The van der Waals surface area contributed by atoms with Gasteiger partial charge in [0.25, 0.3) is 0 Å². The Bertz CT molecular complexity index is 1110. The largest absolute Gasteiger partial charge is 0.507 e. The van der Waals surface area contributed by atoms with Crippen LogP contribution in [-0.2, 0) is 0 Å². The highest BCUT2D eigenvalue weighted by Crippen LogP contribution is 2.33. The Hall–Kier alpha value is -3.35. The summed E-state index contributed by atoms with van der Waals surface area (Å²) < 4.78 is 3.85. The third-order valence-corrected chi connectivity index (χ3v) is 5.02. The first-order valence-electron chi connectivity index (χ1n) is 8.67. The van der Waals surface area contributed by atoms with Gasteiger partial charge in [-0.2, -0.15) is 10.1 Å². The summed E-state index contributed by atoms with van der Waals surface area (Å²) in [4.78, 5) is 8.91. The maximum Gasteiger partial charge on any atom is 0.236 e. The van der Waals surface area contributed by atoms with Gasteiger partial charge in [0.15, 0.2) is 0 Å². The van der Waals surface area contributed by atoms with E-state index >= 15 is 0 Å². The highest BCUT2D eigenvalue weighted by molar-refractivity contribution is 5.75. The lowest BCUT2D eigenvalue weighted by Crippen LogP contribution is -2.16. The van der Waals surface area contributed by atoms with Gasteiger partial charge in [-0.1, -0.05) is 12.1 Å². The number of anilines is 1. The van der Waals surface area contributed by atoms with Crippen molar-refractivity contribution in [2.24, 2.45) is 0 Å². The Morgan fingerprint density at radius 2 is 1.88 bits per heavy atom. The third kappa shape index (κ3) is 2.32. The monoisotopic (exact) mass is 346 g/mol. The molecule has 4 aromatic rings. The number of benzene rings is 1. The molecule has 7 nitrogen and oxygen atoms in total. The number of aromatic nitrogens is 5. The summed E-state index contributed by atoms with van der Waals surface area (Å²) in [5.74, 6) is 1.10. The minimum atomic E-state index is 0.186. The van der Waals surface area contributed by atoms with Gasteiger partial charge < -0.3 is 10.8 Å². The highest BCUT2D eigenvalue weighted by Gasteiger charge is 2.21. The molecule has 1 fully saturated rings. The van der Waals surface area contributed by atoms with Crippen molar-refractivity contribution in [3.63, 3.8) is 0 Å². The number of imidazole rings is 1. The maximum absolute atomic E-state index is 10.1. The number of phenols is 1. The summed E-state index contributed by atoms with van der Waals surface area (Å²) in [7, 11) is 0. The Morgan fingerprint density at radius 3 is 2.65 bits per heavy atom. The van der Waals surface area contributed by atoms with Crippen LogP contribution in [0.15, 0.2) is 49.1 Å². The van der Waals surface area contributed by atoms with Gasteiger partial charge in [-0.3, -0.25) is 9.08 Å². The molecule has 0 amide bonds. The first kappa shape index (κ1) is 14.9. The first-order chi connectivity index (χ1) is 12.7. The molecule has 0 saturated heterocycles. The van der Waals surface area contributed by atoms with Gasteiger partial charge in [-0.15, -0.1) is 0 Å². The molecule has 130 valence electrons. The quantitative estimate of drug-likeness (QED) is 0.594. The van der Waals surface area contributed by atoms with E-state index < -0.39 is 0 Å². The fourth-order valence-electron chi connectivity index (χ4n) is 3.31. The average Bonchev–Trinajstić information content (AvgIpc) is 3.19. The molecule has 5 rings (SSSR count). The second-order valence-corrected chi connectivity index (χ2v) is 6.68. The number of aromatic hydroxyl groups is 1. The summed E-state index contributed by atoms with van der Waals surface area (Å²) in [6.07, 6.45) is 11.2. The fourth-order valence-corrected chi connectivity index (χ4v) is 3.31. The molecule has 0 atom stereocenters. The number of para-hydroxylation sites is 1. The number of fused-ring (bicyclic) bond motifs is 1. The predicted molar refractivity (Wildman–Crippen MR) is 98.6 cm³/mol. The van der Waals surface area contributed by atoms with Crippen LogP contribution in [0.4, 0.5) is 5.82 Å². The zero-order chi connectivity index (χ0) is 17.7. The minimum Gasteiger partial charge on any atom is -0.507 e. The van der Waals surface area contributed by atoms with E-state index in [1.165, 1.54) is 19.3 Å². The van der Waals surface area contributed by atoms with Crippen molar-refractivity contribution in [3.8, 4) is 28.1 Å². The molecule has 1 aromatic carbocycles. The molecule has 3 aromatic heterocycles. The topological polar surface area (TPSA) is 94.3 Å². The number of rotatable bonds is 3. The normalized spacial score (nSPS) is 14.6. The van der Waals surface area contributed by atoms with E-state index in [-0.39, 0.29) is 5.75 Å². The average molecular weight is 346 g/mol. The molecular formula is C19H18N6O. The molecule has 0 spiro atoms. The number of hydrogen-bond acceptors (Lipinski definition) is 5. The number of nitrogens with two attached hydrogens (primary N) is 1. The Morgan fingerprint density at radius 1 is 1.04 bits per heavy atom. The van der Waals surface area contributed by atoms with Crippen LogP contribution in [0.1, 0.15) is 25.3 Å². The van der Waals surface area contributed by atoms with Gasteiger partial charge in [0.2, 0.25) is 5.78 Å². The summed E-state index contributed by atoms with van der Waals surface area (Å²) >= 11 is 0. The van der Waals surface area contributed by atoms with Gasteiger partial charge in [-0.05, 0) is 31.4 Å². The SMILES string of the molecule is Nc1nc2nc(-c3ccccc3O)cn2cc1-c1cnn(C2CCC2)c1. The second-order valence-electron chi connectivity index (χ2n) is 6.68. The van der Waals surface area contributed by atoms with E-state index in [1.54, 1.807) is 12.1 Å². The smallest absolute Gasteiger partial charge is 0.236 e. The molecule has 0 aliphatic heterocycles. The van der Waals surface area contributed by atoms with Crippen LogP contribution in [0.25, 0.3) is 28.2 Å². The minimum absolute atomic E-state index is 0.186. The van der Waals surface area contributed by atoms with E-state index in [4.69, 9.17) is 5.73 Å². The molecule has 1 saturated carbocycles. The molecule has 7 heteroatoms. The summed E-state index contributed by atoms with van der Waals surface area (Å²) in [6, 6.07) is 7.61. The van der Waals surface area contributed by atoms with Crippen LogP contribution in [0.5, 0.6) is 5.75 Å². The molecule has 3 N–H and O–H groups in total. The first-order valence-corrected chi connectivity index (χ1v) is 8.67. The molecule has 1 aliphatic rings. The van der Waals surface area contributed by atoms with Crippen LogP contribution in [0, 0.1) is 0 Å². The van der Waals surface area contributed by atoms with Crippen molar-refractivity contribution < 1.29 is 5.11 Å². The van der Waals surface area contributed by atoms with Crippen molar-refractivity contribution in [2.45, 2.75) is 25.3 Å². The van der Waals surface area contributed by atoms with E-state index in [0.29, 0.717) is 28.9 Å². The maximum atomic E-state index is 10.1. The van der Waals surface area contributed by atoms with Crippen molar-refractivity contribution in [3.05, 3.63) is 49.1 Å². The van der Waals surface area contributed by atoms with Gasteiger partial charge in [0.05, 0.1) is 17.9 Å². The van der Waals surface area contributed by atoms with E-state index in [9.17, 15) is 5.11 Å². The van der Waals surface area contributed by atoms with Gasteiger partial charge in [-0.25, -0.2) is 4.98 Å². The number of phenolic OH excluding ortho intramolecular Hbond substituents is 1. The molecule has 3 heterocycles. The molecule has 0 unspecified atom stereocenters. The standard InChI is InChI=1S/C19H18N6O/c20-18-15(12-8-21-25(9-12)13-4-3-5-13)10-24-11-16(22-19(24)23-18)14-6-1-2-7-17(14)26/h1-2,6-11,13,26H,3-5H2,(H2,20,22,23). The lowest BCUT2D eigenvalue weighted by Gasteiger charge is -2.25. The highest BCUT2D eigenvalue weighted by atomic mass is 16.3. The molecule has 26 heavy (non-hydrogen) atoms. The molecule has 1 aliphatic carbocycles. The van der Waals surface area contributed by atoms with Crippen molar-refractivity contribution >= 4 is 11.6 Å². The zero-order valence-electron chi connectivity index (χ0n) is 14.1. The van der Waals surface area contributed by atoms with E-state index in [0.717, 1.165) is 11.1 Å². The predicted octanol–water partition coefficient (Wildman–Crippen LogP) is 3.27. The second kappa shape index (κ2) is 5.59. The van der Waals surface area contributed by atoms with Crippen molar-refractivity contribution in [1.82, 2.24) is 24.1 Å². The van der Waals surface area contributed by atoms with Crippen molar-refractivity contribution in [1.29, 1.82) is 0 Å². The van der Waals surface area contributed by atoms with Gasteiger partial charge in [0.1, 0.15) is 11.6 Å². The Labute approximate surface area is 149 Å². The van der Waals surface area contributed by atoms with Crippen molar-refractivity contribution in [2.75, 3.05) is 5.73 Å². The van der Waals surface area contributed by atoms with Crippen LogP contribution in [0.2, 0.25) is 0 Å². The van der Waals surface area contributed by atoms with Crippen LogP contribution in [0.3, 0.4) is 0 Å². The Kier molecular flexibility index (Phi) is 3.21.